The number of ether oxygens (including phenoxy) is 1. The van der Waals surface area contributed by atoms with Crippen LogP contribution in [0.15, 0.2) is 24.3 Å². The predicted octanol–water partition coefficient (Wildman–Crippen LogP) is 4.32. The van der Waals surface area contributed by atoms with Gasteiger partial charge in [-0.15, -0.1) is 0 Å². The first-order valence-corrected chi connectivity index (χ1v) is 7.57. The van der Waals surface area contributed by atoms with Gasteiger partial charge in [-0.25, -0.2) is 0 Å². The molecule has 0 spiro atoms. The SMILES string of the molecule is CCCCCC(C)NC(C)COc1ccc(C)cc1. The van der Waals surface area contributed by atoms with Gasteiger partial charge < -0.3 is 10.1 Å². The van der Waals surface area contributed by atoms with Crippen LogP contribution in [0.5, 0.6) is 5.75 Å². The first-order chi connectivity index (χ1) is 9.11. The van der Waals surface area contributed by atoms with Gasteiger partial charge in [-0.2, -0.15) is 0 Å². The Labute approximate surface area is 118 Å². The number of benzene rings is 1. The van der Waals surface area contributed by atoms with Crippen LogP contribution in [-0.4, -0.2) is 18.7 Å². The average molecular weight is 263 g/mol. The van der Waals surface area contributed by atoms with Crippen molar-refractivity contribution in [3.63, 3.8) is 0 Å². The van der Waals surface area contributed by atoms with Crippen LogP contribution in [0.3, 0.4) is 0 Å². The molecule has 0 saturated carbocycles. The average Bonchev–Trinajstić information content (AvgIpc) is 2.38. The summed E-state index contributed by atoms with van der Waals surface area (Å²) < 4.78 is 5.79. The van der Waals surface area contributed by atoms with E-state index in [0.717, 1.165) is 12.4 Å². The Bertz CT molecular complexity index is 334. The van der Waals surface area contributed by atoms with Gasteiger partial charge in [0, 0.05) is 12.1 Å². The van der Waals surface area contributed by atoms with Crippen LogP contribution in [-0.2, 0) is 0 Å². The highest BCUT2D eigenvalue weighted by Gasteiger charge is 2.07. The number of hydrogen-bond donors (Lipinski definition) is 1. The smallest absolute Gasteiger partial charge is 0.119 e. The van der Waals surface area contributed by atoms with Crippen molar-refractivity contribution in [1.82, 2.24) is 5.32 Å². The van der Waals surface area contributed by atoms with Crippen molar-refractivity contribution < 1.29 is 4.74 Å². The topological polar surface area (TPSA) is 21.3 Å². The highest BCUT2D eigenvalue weighted by molar-refractivity contribution is 5.26. The molecule has 0 fully saturated rings. The maximum absolute atomic E-state index is 5.79. The molecule has 0 radical (unpaired) electrons. The summed E-state index contributed by atoms with van der Waals surface area (Å²) in [5, 5.41) is 3.60. The molecule has 19 heavy (non-hydrogen) atoms. The van der Waals surface area contributed by atoms with E-state index in [4.69, 9.17) is 4.74 Å². The van der Waals surface area contributed by atoms with Crippen LogP contribution in [0.2, 0.25) is 0 Å². The first kappa shape index (κ1) is 16.0. The molecule has 108 valence electrons. The quantitative estimate of drug-likeness (QED) is 0.670. The molecule has 1 N–H and O–H groups in total. The minimum Gasteiger partial charge on any atom is -0.492 e. The van der Waals surface area contributed by atoms with Crippen LogP contribution < -0.4 is 10.1 Å². The lowest BCUT2D eigenvalue weighted by molar-refractivity contribution is 0.260. The van der Waals surface area contributed by atoms with Gasteiger partial charge in [-0.05, 0) is 39.3 Å². The van der Waals surface area contributed by atoms with E-state index >= 15 is 0 Å². The molecule has 0 amide bonds. The summed E-state index contributed by atoms with van der Waals surface area (Å²) in [6.45, 7) is 9.51. The Morgan fingerprint density at radius 2 is 1.74 bits per heavy atom. The zero-order chi connectivity index (χ0) is 14.1. The molecule has 1 rings (SSSR count). The van der Waals surface area contributed by atoms with Crippen LogP contribution in [0, 0.1) is 6.92 Å². The summed E-state index contributed by atoms with van der Waals surface area (Å²) in [4.78, 5) is 0. The van der Waals surface area contributed by atoms with E-state index < -0.39 is 0 Å². The molecule has 0 aliphatic carbocycles. The highest BCUT2D eigenvalue weighted by atomic mass is 16.5. The highest BCUT2D eigenvalue weighted by Crippen LogP contribution is 2.11. The molecule has 0 aliphatic heterocycles. The van der Waals surface area contributed by atoms with Gasteiger partial charge >= 0.3 is 0 Å². The molecule has 0 heterocycles. The van der Waals surface area contributed by atoms with Gasteiger partial charge in [0.25, 0.3) is 0 Å². The van der Waals surface area contributed by atoms with E-state index in [0.29, 0.717) is 12.1 Å². The second-order valence-electron chi connectivity index (χ2n) is 5.59. The fourth-order valence-corrected chi connectivity index (χ4v) is 2.17. The summed E-state index contributed by atoms with van der Waals surface area (Å²) in [5.41, 5.74) is 1.27. The van der Waals surface area contributed by atoms with Gasteiger partial charge in [0.1, 0.15) is 12.4 Å². The summed E-state index contributed by atoms with van der Waals surface area (Å²) >= 11 is 0. The van der Waals surface area contributed by atoms with E-state index in [1.54, 1.807) is 0 Å². The Balaban J connectivity index is 2.19. The van der Waals surface area contributed by atoms with Gasteiger partial charge in [-0.1, -0.05) is 43.9 Å². The summed E-state index contributed by atoms with van der Waals surface area (Å²) in [7, 11) is 0. The standard InChI is InChI=1S/C17H29NO/c1-5-6-7-8-15(3)18-16(4)13-19-17-11-9-14(2)10-12-17/h9-12,15-16,18H,5-8,13H2,1-4H3. The minimum atomic E-state index is 0.387. The Morgan fingerprint density at radius 1 is 1.05 bits per heavy atom. The molecule has 0 aromatic heterocycles. The predicted molar refractivity (Wildman–Crippen MR) is 82.9 cm³/mol. The van der Waals surface area contributed by atoms with Crippen molar-refractivity contribution in [2.45, 2.75) is 65.5 Å². The van der Waals surface area contributed by atoms with Gasteiger partial charge in [0.2, 0.25) is 0 Å². The lowest BCUT2D eigenvalue weighted by atomic mass is 10.1. The molecule has 1 aromatic carbocycles. The summed E-state index contributed by atoms with van der Waals surface area (Å²) in [5.74, 6) is 0.956. The summed E-state index contributed by atoms with van der Waals surface area (Å²) in [6, 6.07) is 9.20. The molecule has 2 nitrogen and oxygen atoms in total. The van der Waals surface area contributed by atoms with Crippen LogP contribution >= 0.6 is 0 Å². The van der Waals surface area contributed by atoms with Gasteiger partial charge in [0.05, 0.1) is 0 Å². The van der Waals surface area contributed by atoms with Gasteiger partial charge in [-0.3, -0.25) is 0 Å². The third-order valence-electron chi connectivity index (χ3n) is 3.33. The lowest BCUT2D eigenvalue weighted by Crippen LogP contribution is -2.38. The van der Waals surface area contributed by atoms with E-state index in [1.165, 1.54) is 31.2 Å². The molecule has 2 heteroatoms. The third-order valence-corrected chi connectivity index (χ3v) is 3.33. The molecule has 0 aliphatic rings. The Hall–Kier alpha value is -1.02. The van der Waals surface area contributed by atoms with Crippen LogP contribution in [0.25, 0.3) is 0 Å². The van der Waals surface area contributed by atoms with Crippen molar-refractivity contribution in [2.24, 2.45) is 0 Å². The molecule has 0 saturated heterocycles. The second kappa shape index (κ2) is 8.98. The number of unbranched alkanes of at least 4 members (excludes halogenated alkanes) is 2. The fourth-order valence-electron chi connectivity index (χ4n) is 2.17. The zero-order valence-electron chi connectivity index (χ0n) is 12.9. The summed E-state index contributed by atoms with van der Waals surface area (Å²) in [6.07, 6.45) is 5.19. The molecule has 0 bridgehead atoms. The maximum Gasteiger partial charge on any atom is 0.119 e. The normalized spacial score (nSPS) is 14.1. The molecular weight excluding hydrogens is 234 g/mol. The van der Waals surface area contributed by atoms with Crippen molar-refractivity contribution in [3.05, 3.63) is 29.8 Å². The number of hydrogen-bond acceptors (Lipinski definition) is 2. The number of rotatable bonds is 9. The Kier molecular flexibility index (Phi) is 7.57. The number of nitrogens with one attached hydrogen (secondary N) is 1. The van der Waals surface area contributed by atoms with Gasteiger partial charge in [0.15, 0.2) is 0 Å². The maximum atomic E-state index is 5.79. The fraction of sp³-hybridized carbons (Fsp3) is 0.647. The van der Waals surface area contributed by atoms with Crippen molar-refractivity contribution in [3.8, 4) is 5.75 Å². The molecule has 2 atom stereocenters. The lowest BCUT2D eigenvalue weighted by Gasteiger charge is -2.20. The Morgan fingerprint density at radius 3 is 2.37 bits per heavy atom. The first-order valence-electron chi connectivity index (χ1n) is 7.57. The molecule has 2 unspecified atom stereocenters. The van der Waals surface area contributed by atoms with E-state index in [2.05, 4.69) is 45.1 Å². The molecule has 1 aromatic rings. The van der Waals surface area contributed by atoms with Crippen molar-refractivity contribution in [2.75, 3.05) is 6.61 Å². The van der Waals surface area contributed by atoms with Crippen LogP contribution in [0.1, 0.15) is 52.0 Å². The minimum absolute atomic E-state index is 0.387. The van der Waals surface area contributed by atoms with E-state index in [9.17, 15) is 0 Å². The third kappa shape index (κ3) is 7.22. The van der Waals surface area contributed by atoms with Crippen molar-refractivity contribution in [1.29, 1.82) is 0 Å². The monoisotopic (exact) mass is 263 g/mol. The number of aryl methyl sites for hydroxylation is 1. The largest absolute Gasteiger partial charge is 0.492 e. The van der Waals surface area contributed by atoms with E-state index in [1.807, 2.05) is 12.1 Å². The van der Waals surface area contributed by atoms with Crippen LogP contribution in [0.4, 0.5) is 0 Å². The molecular formula is C17H29NO. The zero-order valence-corrected chi connectivity index (χ0v) is 12.9. The second-order valence-corrected chi connectivity index (χ2v) is 5.59. The van der Waals surface area contributed by atoms with Crippen molar-refractivity contribution >= 4 is 0 Å². The van der Waals surface area contributed by atoms with E-state index in [-0.39, 0.29) is 0 Å².